The molecule has 2 rings (SSSR count). The number of nitrogens with zero attached hydrogens (tertiary/aromatic N) is 2. The number of hydrogen-bond donors (Lipinski definition) is 1. The molecule has 1 saturated heterocycles. The van der Waals surface area contributed by atoms with Crippen molar-refractivity contribution in [1.29, 1.82) is 0 Å². The standard InChI is InChI=1S/C14H18FN3O3/c1-10(14(19)17-8-3-2-4-9-17)16-12-7-5-6-11(15)13(12)18(20)21/h5-7,10,16H,2-4,8-9H2,1H3. The van der Waals surface area contributed by atoms with Crippen LogP contribution in [-0.2, 0) is 4.79 Å². The van der Waals surface area contributed by atoms with E-state index < -0.39 is 22.5 Å². The molecule has 0 spiro atoms. The molecule has 1 aliphatic heterocycles. The van der Waals surface area contributed by atoms with E-state index in [-0.39, 0.29) is 11.6 Å². The molecule has 0 radical (unpaired) electrons. The molecule has 1 aromatic carbocycles. The van der Waals surface area contributed by atoms with Crippen LogP contribution in [0.1, 0.15) is 26.2 Å². The van der Waals surface area contributed by atoms with Crippen LogP contribution in [0.2, 0.25) is 0 Å². The van der Waals surface area contributed by atoms with E-state index in [0.29, 0.717) is 13.1 Å². The van der Waals surface area contributed by atoms with E-state index in [1.54, 1.807) is 11.8 Å². The van der Waals surface area contributed by atoms with E-state index in [1.165, 1.54) is 12.1 Å². The number of carbonyl (C=O) groups excluding carboxylic acids is 1. The van der Waals surface area contributed by atoms with Crippen molar-refractivity contribution in [3.05, 3.63) is 34.1 Å². The van der Waals surface area contributed by atoms with Crippen molar-refractivity contribution >= 4 is 17.3 Å². The van der Waals surface area contributed by atoms with Crippen LogP contribution in [0.4, 0.5) is 15.8 Å². The van der Waals surface area contributed by atoms with Gasteiger partial charge in [-0.05, 0) is 38.3 Å². The largest absolute Gasteiger partial charge is 0.368 e. The smallest absolute Gasteiger partial charge is 0.327 e. The Balaban J connectivity index is 2.12. The molecule has 21 heavy (non-hydrogen) atoms. The zero-order valence-electron chi connectivity index (χ0n) is 11.8. The first-order valence-electron chi connectivity index (χ1n) is 6.99. The summed E-state index contributed by atoms with van der Waals surface area (Å²) in [6.07, 6.45) is 3.05. The molecule has 7 heteroatoms. The molecule has 1 unspecified atom stereocenters. The van der Waals surface area contributed by atoms with Crippen LogP contribution < -0.4 is 5.32 Å². The number of amides is 1. The topological polar surface area (TPSA) is 75.5 Å². The highest BCUT2D eigenvalue weighted by atomic mass is 19.1. The van der Waals surface area contributed by atoms with Gasteiger partial charge in [0.05, 0.1) is 4.92 Å². The molecule has 0 bridgehead atoms. The van der Waals surface area contributed by atoms with Gasteiger partial charge in [0.15, 0.2) is 0 Å². The van der Waals surface area contributed by atoms with Gasteiger partial charge < -0.3 is 10.2 Å². The minimum Gasteiger partial charge on any atom is -0.368 e. The number of halogens is 1. The fourth-order valence-corrected chi connectivity index (χ4v) is 2.50. The second kappa shape index (κ2) is 6.51. The fraction of sp³-hybridized carbons (Fsp3) is 0.500. The molecule has 1 atom stereocenters. The van der Waals surface area contributed by atoms with Gasteiger partial charge in [0.1, 0.15) is 11.7 Å². The lowest BCUT2D eigenvalue weighted by Gasteiger charge is -2.29. The first kappa shape index (κ1) is 15.2. The second-order valence-corrected chi connectivity index (χ2v) is 5.15. The summed E-state index contributed by atoms with van der Waals surface area (Å²) in [6.45, 7) is 3.04. The van der Waals surface area contributed by atoms with Gasteiger partial charge >= 0.3 is 5.69 Å². The molecule has 0 saturated carbocycles. The number of likely N-dealkylation sites (tertiary alicyclic amines) is 1. The third-order valence-corrected chi connectivity index (χ3v) is 3.58. The number of nitrogens with one attached hydrogen (secondary N) is 1. The highest BCUT2D eigenvalue weighted by molar-refractivity contribution is 5.85. The van der Waals surface area contributed by atoms with Crippen LogP contribution in [0.3, 0.4) is 0 Å². The molecular formula is C14H18FN3O3. The number of benzene rings is 1. The Morgan fingerprint density at radius 1 is 1.38 bits per heavy atom. The number of anilines is 1. The minimum atomic E-state index is -0.914. The maximum atomic E-state index is 13.5. The lowest BCUT2D eigenvalue weighted by atomic mass is 10.1. The fourth-order valence-electron chi connectivity index (χ4n) is 2.50. The average molecular weight is 295 g/mol. The highest BCUT2D eigenvalue weighted by Crippen LogP contribution is 2.28. The van der Waals surface area contributed by atoms with Gasteiger partial charge in [-0.2, -0.15) is 4.39 Å². The molecule has 1 fully saturated rings. The number of piperidine rings is 1. The zero-order chi connectivity index (χ0) is 15.4. The van der Waals surface area contributed by atoms with Gasteiger partial charge in [-0.1, -0.05) is 6.07 Å². The van der Waals surface area contributed by atoms with Crippen molar-refractivity contribution in [2.45, 2.75) is 32.2 Å². The van der Waals surface area contributed by atoms with Crippen LogP contribution in [0.15, 0.2) is 18.2 Å². The number of carbonyl (C=O) groups is 1. The van der Waals surface area contributed by atoms with Crippen molar-refractivity contribution in [3.63, 3.8) is 0 Å². The molecule has 0 aromatic heterocycles. The predicted molar refractivity (Wildman–Crippen MR) is 76.6 cm³/mol. The van der Waals surface area contributed by atoms with Crippen molar-refractivity contribution in [2.24, 2.45) is 0 Å². The summed E-state index contributed by atoms with van der Waals surface area (Å²) in [6, 6.07) is 3.17. The number of nitro benzene ring substituents is 1. The van der Waals surface area contributed by atoms with Crippen LogP contribution in [-0.4, -0.2) is 34.9 Å². The van der Waals surface area contributed by atoms with Gasteiger partial charge in [0.2, 0.25) is 11.7 Å². The molecule has 1 amide bonds. The van der Waals surface area contributed by atoms with Crippen LogP contribution >= 0.6 is 0 Å². The molecule has 1 N–H and O–H groups in total. The third-order valence-electron chi connectivity index (χ3n) is 3.58. The van der Waals surface area contributed by atoms with E-state index in [9.17, 15) is 19.3 Å². The van der Waals surface area contributed by atoms with Crippen LogP contribution in [0.25, 0.3) is 0 Å². The number of rotatable bonds is 4. The first-order chi connectivity index (χ1) is 10.0. The molecule has 1 aromatic rings. The minimum absolute atomic E-state index is 0.0258. The summed E-state index contributed by atoms with van der Waals surface area (Å²) in [5.41, 5.74) is -0.603. The summed E-state index contributed by atoms with van der Waals surface area (Å²) < 4.78 is 13.5. The van der Waals surface area contributed by atoms with Crippen LogP contribution in [0, 0.1) is 15.9 Å². The second-order valence-electron chi connectivity index (χ2n) is 5.15. The Labute approximate surface area is 122 Å². The summed E-state index contributed by atoms with van der Waals surface area (Å²) in [5.74, 6) is -1.03. The first-order valence-corrected chi connectivity index (χ1v) is 6.99. The summed E-state index contributed by atoms with van der Waals surface area (Å²) >= 11 is 0. The maximum absolute atomic E-state index is 13.5. The molecule has 114 valence electrons. The molecule has 6 nitrogen and oxygen atoms in total. The van der Waals surface area contributed by atoms with E-state index in [2.05, 4.69) is 5.32 Å². The Morgan fingerprint density at radius 2 is 2.05 bits per heavy atom. The number of para-hydroxylation sites is 1. The van der Waals surface area contributed by atoms with Gasteiger partial charge in [0, 0.05) is 13.1 Å². The Morgan fingerprint density at radius 3 is 2.67 bits per heavy atom. The Kier molecular flexibility index (Phi) is 4.72. The molecule has 1 aliphatic rings. The number of nitro groups is 1. The van der Waals surface area contributed by atoms with Gasteiger partial charge in [-0.25, -0.2) is 0 Å². The van der Waals surface area contributed by atoms with Crippen molar-refractivity contribution in [3.8, 4) is 0 Å². The quantitative estimate of drug-likeness (QED) is 0.684. The zero-order valence-corrected chi connectivity index (χ0v) is 11.8. The van der Waals surface area contributed by atoms with Gasteiger partial charge in [0.25, 0.3) is 0 Å². The normalized spacial score (nSPS) is 16.4. The summed E-state index contributed by atoms with van der Waals surface area (Å²) in [4.78, 5) is 24.2. The molecule has 1 heterocycles. The lowest BCUT2D eigenvalue weighted by molar-refractivity contribution is -0.386. The Bertz CT molecular complexity index is 544. The van der Waals surface area contributed by atoms with E-state index in [4.69, 9.17) is 0 Å². The average Bonchev–Trinajstić information content (AvgIpc) is 2.47. The molecular weight excluding hydrogens is 277 g/mol. The van der Waals surface area contributed by atoms with E-state index in [0.717, 1.165) is 25.3 Å². The monoisotopic (exact) mass is 295 g/mol. The SMILES string of the molecule is CC(Nc1cccc(F)c1[N+](=O)[O-])C(=O)N1CCCCC1. The predicted octanol–water partition coefficient (Wildman–Crippen LogP) is 2.55. The Hall–Kier alpha value is -2.18. The van der Waals surface area contributed by atoms with Crippen molar-refractivity contribution in [1.82, 2.24) is 4.90 Å². The third kappa shape index (κ3) is 3.48. The maximum Gasteiger partial charge on any atom is 0.327 e. The van der Waals surface area contributed by atoms with E-state index >= 15 is 0 Å². The van der Waals surface area contributed by atoms with Gasteiger partial charge in [-0.15, -0.1) is 0 Å². The summed E-state index contributed by atoms with van der Waals surface area (Å²) in [5, 5.41) is 13.7. The number of hydrogen-bond acceptors (Lipinski definition) is 4. The summed E-state index contributed by atoms with van der Waals surface area (Å²) in [7, 11) is 0. The lowest BCUT2D eigenvalue weighted by Crippen LogP contribution is -2.43. The van der Waals surface area contributed by atoms with Gasteiger partial charge in [-0.3, -0.25) is 14.9 Å². The molecule has 0 aliphatic carbocycles. The van der Waals surface area contributed by atoms with Crippen molar-refractivity contribution in [2.75, 3.05) is 18.4 Å². The highest BCUT2D eigenvalue weighted by Gasteiger charge is 2.26. The van der Waals surface area contributed by atoms with Crippen molar-refractivity contribution < 1.29 is 14.1 Å². The van der Waals surface area contributed by atoms with Crippen LogP contribution in [0.5, 0.6) is 0 Å². The van der Waals surface area contributed by atoms with E-state index in [1.807, 2.05) is 0 Å².